The molecule has 0 unspecified atom stereocenters. The third-order valence-electron chi connectivity index (χ3n) is 5.25. The zero-order valence-electron chi connectivity index (χ0n) is 19.2. The van der Waals surface area contributed by atoms with Gasteiger partial charge >= 0.3 is 0 Å². The molecule has 0 atom stereocenters. The maximum absolute atomic E-state index is 13.0. The van der Waals surface area contributed by atoms with E-state index in [1.807, 2.05) is 37.3 Å². The number of hydrogen-bond donors (Lipinski definition) is 0. The van der Waals surface area contributed by atoms with Gasteiger partial charge in [-0.15, -0.1) is 0 Å². The second kappa shape index (κ2) is 11.3. The van der Waals surface area contributed by atoms with Gasteiger partial charge in [-0.3, -0.25) is 24.6 Å². The van der Waals surface area contributed by atoms with Gasteiger partial charge in [0, 0.05) is 11.6 Å². The molecule has 1 aliphatic heterocycles. The van der Waals surface area contributed by atoms with Gasteiger partial charge in [-0.2, -0.15) is 0 Å². The Bertz CT molecular complexity index is 1350. The molecule has 0 bridgehead atoms. The molecule has 1 fully saturated rings. The zero-order chi connectivity index (χ0) is 25.7. The van der Waals surface area contributed by atoms with Crippen LogP contribution in [0.1, 0.15) is 23.6 Å². The predicted molar refractivity (Wildman–Crippen MR) is 138 cm³/mol. The first kappa shape index (κ1) is 25.3. The van der Waals surface area contributed by atoms with E-state index in [1.54, 1.807) is 24.3 Å². The fourth-order valence-electron chi connectivity index (χ4n) is 3.58. The molecule has 10 heteroatoms. The molecule has 0 aromatic heterocycles. The molecule has 0 aliphatic carbocycles. The topological polar surface area (TPSA) is 99.0 Å². The van der Waals surface area contributed by atoms with Crippen molar-refractivity contribution in [3.63, 3.8) is 0 Å². The van der Waals surface area contributed by atoms with Crippen LogP contribution in [0.4, 0.5) is 10.5 Å². The van der Waals surface area contributed by atoms with Crippen molar-refractivity contribution >= 4 is 46.3 Å². The van der Waals surface area contributed by atoms with Gasteiger partial charge in [0.1, 0.15) is 6.61 Å². The Morgan fingerprint density at radius 2 is 1.78 bits per heavy atom. The van der Waals surface area contributed by atoms with E-state index in [-0.39, 0.29) is 22.7 Å². The van der Waals surface area contributed by atoms with E-state index in [9.17, 15) is 19.7 Å². The van der Waals surface area contributed by atoms with E-state index in [2.05, 4.69) is 0 Å². The van der Waals surface area contributed by atoms with Crippen molar-refractivity contribution in [2.24, 2.45) is 0 Å². The SMILES string of the molecule is CCOc1cc(/C=C2\SC(=O)N(Cc3ccccc3[N+](=O)[O-])C2=O)cc(Cl)c1OCc1ccccc1. The molecule has 184 valence electrons. The lowest BCUT2D eigenvalue weighted by atomic mass is 10.1. The summed E-state index contributed by atoms with van der Waals surface area (Å²) in [5.41, 5.74) is 1.63. The van der Waals surface area contributed by atoms with Crippen molar-refractivity contribution in [1.29, 1.82) is 0 Å². The molecule has 3 aromatic rings. The lowest BCUT2D eigenvalue weighted by Gasteiger charge is -2.15. The summed E-state index contributed by atoms with van der Waals surface area (Å²) in [6, 6.07) is 18.9. The summed E-state index contributed by atoms with van der Waals surface area (Å²) < 4.78 is 11.6. The minimum absolute atomic E-state index is 0.153. The van der Waals surface area contributed by atoms with Gasteiger partial charge in [0.05, 0.1) is 28.0 Å². The number of benzene rings is 3. The van der Waals surface area contributed by atoms with E-state index in [0.29, 0.717) is 35.3 Å². The van der Waals surface area contributed by atoms with Crippen molar-refractivity contribution in [1.82, 2.24) is 4.90 Å². The van der Waals surface area contributed by atoms with Crippen LogP contribution in [0.3, 0.4) is 0 Å². The normalized spacial score (nSPS) is 14.4. The van der Waals surface area contributed by atoms with Crippen LogP contribution in [-0.2, 0) is 17.9 Å². The number of nitro groups is 1. The molecular formula is C26H21ClN2O6S. The molecule has 2 amide bonds. The van der Waals surface area contributed by atoms with E-state index < -0.39 is 16.1 Å². The second-order valence-electron chi connectivity index (χ2n) is 7.69. The number of para-hydroxylation sites is 1. The minimum Gasteiger partial charge on any atom is -0.490 e. The van der Waals surface area contributed by atoms with Gasteiger partial charge < -0.3 is 9.47 Å². The van der Waals surface area contributed by atoms with Crippen molar-refractivity contribution < 1.29 is 24.0 Å². The van der Waals surface area contributed by atoms with Crippen LogP contribution < -0.4 is 9.47 Å². The van der Waals surface area contributed by atoms with Crippen molar-refractivity contribution in [3.05, 3.63) is 103 Å². The number of ether oxygens (including phenoxy) is 2. The van der Waals surface area contributed by atoms with Crippen LogP contribution >= 0.6 is 23.4 Å². The number of nitrogens with zero attached hydrogens (tertiary/aromatic N) is 2. The number of rotatable bonds is 9. The summed E-state index contributed by atoms with van der Waals surface area (Å²) in [5, 5.41) is 11.1. The van der Waals surface area contributed by atoms with Gasteiger partial charge in [-0.05, 0) is 48.0 Å². The second-order valence-corrected chi connectivity index (χ2v) is 9.09. The summed E-state index contributed by atoms with van der Waals surface area (Å²) in [6.45, 7) is 2.30. The number of hydrogen-bond acceptors (Lipinski definition) is 7. The maximum Gasteiger partial charge on any atom is 0.293 e. The smallest absolute Gasteiger partial charge is 0.293 e. The van der Waals surface area contributed by atoms with E-state index >= 15 is 0 Å². The molecule has 36 heavy (non-hydrogen) atoms. The first-order valence-corrected chi connectivity index (χ1v) is 12.2. The fourth-order valence-corrected chi connectivity index (χ4v) is 4.70. The Kier molecular flexibility index (Phi) is 7.92. The monoisotopic (exact) mass is 524 g/mol. The van der Waals surface area contributed by atoms with Crippen molar-refractivity contribution in [2.45, 2.75) is 20.1 Å². The Hall–Kier alpha value is -3.82. The number of imide groups is 1. The molecule has 1 heterocycles. The van der Waals surface area contributed by atoms with Crippen LogP contribution in [0, 0.1) is 10.1 Å². The standard InChI is InChI=1S/C26H21ClN2O6S/c1-2-34-22-13-18(12-20(27)24(22)35-16-17-8-4-3-5-9-17)14-23-25(30)28(26(31)36-23)15-19-10-6-7-11-21(19)29(32)33/h3-14H,2,15-16H2,1H3/b23-14-. The molecule has 1 saturated heterocycles. The number of carbonyl (C=O) groups is 2. The number of carbonyl (C=O) groups excluding carboxylic acids is 2. The van der Waals surface area contributed by atoms with Crippen molar-refractivity contribution in [2.75, 3.05) is 6.61 Å². The average molecular weight is 525 g/mol. The Balaban J connectivity index is 1.57. The van der Waals surface area contributed by atoms with Crippen LogP contribution in [-0.4, -0.2) is 27.6 Å². The Morgan fingerprint density at radius 1 is 1.06 bits per heavy atom. The quantitative estimate of drug-likeness (QED) is 0.180. The Morgan fingerprint density at radius 3 is 2.50 bits per heavy atom. The molecule has 0 saturated carbocycles. The van der Waals surface area contributed by atoms with Crippen molar-refractivity contribution in [3.8, 4) is 11.5 Å². The van der Waals surface area contributed by atoms with E-state index in [1.165, 1.54) is 18.2 Å². The third kappa shape index (κ3) is 5.69. The van der Waals surface area contributed by atoms with Gasteiger partial charge in [-0.1, -0.05) is 60.1 Å². The van der Waals surface area contributed by atoms with Gasteiger partial charge in [-0.25, -0.2) is 0 Å². The summed E-state index contributed by atoms with van der Waals surface area (Å²) in [5.74, 6) is 0.247. The summed E-state index contributed by atoms with van der Waals surface area (Å²) >= 11 is 7.26. The molecule has 0 N–H and O–H groups in total. The molecule has 8 nitrogen and oxygen atoms in total. The van der Waals surface area contributed by atoms with E-state index in [0.717, 1.165) is 22.2 Å². The maximum atomic E-state index is 13.0. The highest BCUT2D eigenvalue weighted by Crippen LogP contribution is 2.40. The number of amides is 2. The highest BCUT2D eigenvalue weighted by Gasteiger charge is 2.36. The lowest BCUT2D eigenvalue weighted by molar-refractivity contribution is -0.385. The molecular weight excluding hydrogens is 504 g/mol. The largest absolute Gasteiger partial charge is 0.490 e. The first-order valence-electron chi connectivity index (χ1n) is 11.0. The molecule has 0 radical (unpaired) electrons. The summed E-state index contributed by atoms with van der Waals surface area (Å²) in [7, 11) is 0. The van der Waals surface area contributed by atoms with Crippen LogP contribution in [0.25, 0.3) is 6.08 Å². The lowest BCUT2D eigenvalue weighted by Crippen LogP contribution is -2.27. The Labute approximate surface area is 216 Å². The van der Waals surface area contributed by atoms with Gasteiger partial charge in [0.15, 0.2) is 11.5 Å². The zero-order valence-corrected chi connectivity index (χ0v) is 20.8. The molecule has 3 aromatic carbocycles. The fraction of sp³-hybridized carbons (Fsp3) is 0.154. The van der Waals surface area contributed by atoms with E-state index in [4.69, 9.17) is 21.1 Å². The first-order chi connectivity index (χ1) is 17.4. The molecule has 0 spiro atoms. The molecule has 1 aliphatic rings. The van der Waals surface area contributed by atoms with Gasteiger partial charge in [0.2, 0.25) is 0 Å². The van der Waals surface area contributed by atoms with Crippen LogP contribution in [0.15, 0.2) is 71.6 Å². The molecule has 4 rings (SSSR count). The highest BCUT2D eigenvalue weighted by molar-refractivity contribution is 8.18. The predicted octanol–water partition coefficient (Wildman–Crippen LogP) is 6.46. The van der Waals surface area contributed by atoms with Crippen LogP contribution in [0.5, 0.6) is 11.5 Å². The van der Waals surface area contributed by atoms with Gasteiger partial charge in [0.25, 0.3) is 16.8 Å². The number of thioether (sulfide) groups is 1. The average Bonchev–Trinajstić information content (AvgIpc) is 3.12. The summed E-state index contributed by atoms with van der Waals surface area (Å²) in [4.78, 5) is 37.5. The number of nitro benzene ring substituents is 1. The number of halogens is 1. The summed E-state index contributed by atoms with van der Waals surface area (Å²) in [6.07, 6.45) is 1.54. The highest BCUT2D eigenvalue weighted by atomic mass is 35.5. The minimum atomic E-state index is -0.540. The van der Waals surface area contributed by atoms with Crippen LogP contribution in [0.2, 0.25) is 5.02 Å². The third-order valence-corrected chi connectivity index (χ3v) is 6.43.